The molecule has 3 saturated carbocycles. The van der Waals surface area contributed by atoms with Gasteiger partial charge in [-0.1, -0.05) is 19.4 Å². The van der Waals surface area contributed by atoms with Gasteiger partial charge in [-0.25, -0.2) is 0 Å². The molecule has 2 nitrogen and oxygen atoms in total. The maximum Gasteiger partial charge on any atom is 0.156 e. The molecule has 0 unspecified atom stereocenters. The second-order valence-electron chi connectivity index (χ2n) is 8.83. The number of fused-ring (bicyclic) bond motifs is 5. The molecule has 0 aliphatic heterocycles. The molecule has 6 atom stereocenters. The van der Waals surface area contributed by atoms with Crippen LogP contribution in [-0.4, -0.2) is 17.0 Å². The molecule has 4 aliphatic rings. The highest BCUT2D eigenvalue weighted by Gasteiger charge is 2.55. The Hall–Kier alpha value is -0.630. The van der Waals surface area contributed by atoms with Crippen LogP contribution in [0.5, 0.6) is 0 Å². The molecule has 0 radical (unpaired) electrons. The van der Waals surface area contributed by atoms with Gasteiger partial charge in [0.2, 0.25) is 0 Å². The maximum atomic E-state index is 12.3. The number of aliphatic hydroxyl groups is 1. The van der Waals surface area contributed by atoms with Gasteiger partial charge in [0.05, 0.1) is 6.10 Å². The Morgan fingerprint density at radius 1 is 1.00 bits per heavy atom. The Balaban J connectivity index is 1.69. The van der Waals surface area contributed by atoms with Crippen LogP contribution in [-0.2, 0) is 4.79 Å². The molecule has 0 amide bonds. The largest absolute Gasteiger partial charge is 0.393 e. The minimum Gasteiger partial charge on any atom is -0.393 e. The molecule has 2 heteroatoms. The molecule has 4 rings (SSSR count). The number of hydrogen-bond acceptors (Lipinski definition) is 2. The Morgan fingerprint density at radius 3 is 2.39 bits per heavy atom. The van der Waals surface area contributed by atoms with Crippen LogP contribution in [0, 0.1) is 35.0 Å². The normalized spacial score (nSPS) is 45.0. The summed E-state index contributed by atoms with van der Waals surface area (Å²) in [5, 5.41) is 10.3. The van der Waals surface area contributed by atoms with Crippen molar-refractivity contribution < 1.29 is 9.90 Å². The predicted octanol–water partition coefficient (Wildman–Crippen LogP) is 4.52. The van der Waals surface area contributed by atoms with Crippen LogP contribution >= 0.6 is 0 Å². The minimum absolute atomic E-state index is 0.0343. The van der Waals surface area contributed by atoms with Crippen molar-refractivity contribution in [1.82, 2.24) is 0 Å². The van der Waals surface area contributed by atoms with E-state index in [1.165, 1.54) is 31.3 Å². The van der Waals surface area contributed by atoms with Crippen LogP contribution in [0.15, 0.2) is 11.6 Å². The lowest BCUT2D eigenvalue weighted by molar-refractivity contribution is -0.121. The average Bonchev–Trinajstić information content (AvgIpc) is 2.94. The first kappa shape index (κ1) is 15.9. The van der Waals surface area contributed by atoms with E-state index in [-0.39, 0.29) is 11.5 Å². The summed E-state index contributed by atoms with van der Waals surface area (Å²) in [6.45, 7) is 4.60. The van der Waals surface area contributed by atoms with Gasteiger partial charge in [0.15, 0.2) is 5.78 Å². The zero-order valence-corrected chi connectivity index (χ0v) is 14.8. The molecule has 0 aromatic carbocycles. The maximum absolute atomic E-state index is 12.3. The van der Waals surface area contributed by atoms with Crippen molar-refractivity contribution in [3.63, 3.8) is 0 Å². The smallest absolute Gasteiger partial charge is 0.156 e. The number of carbonyl (C=O) groups is 1. The average molecular weight is 316 g/mol. The van der Waals surface area contributed by atoms with Gasteiger partial charge in [0, 0.05) is 6.42 Å². The quantitative estimate of drug-likeness (QED) is 0.813. The van der Waals surface area contributed by atoms with E-state index in [0.717, 1.165) is 49.9 Å². The van der Waals surface area contributed by atoms with Crippen LogP contribution in [0.3, 0.4) is 0 Å². The molecule has 4 aliphatic carbocycles. The predicted molar refractivity (Wildman–Crippen MR) is 91.9 cm³/mol. The lowest BCUT2D eigenvalue weighted by Crippen LogP contribution is -2.49. The topological polar surface area (TPSA) is 37.3 Å². The third kappa shape index (κ3) is 2.27. The van der Waals surface area contributed by atoms with E-state index in [4.69, 9.17) is 0 Å². The Kier molecular flexibility index (Phi) is 3.95. The highest BCUT2D eigenvalue weighted by molar-refractivity contribution is 5.92. The Labute approximate surface area is 140 Å². The molecular weight excluding hydrogens is 284 g/mol. The Morgan fingerprint density at radius 2 is 1.65 bits per heavy atom. The van der Waals surface area contributed by atoms with Gasteiger partial charge in [-0.15, -0.1) is 0 Å². The number of allylic oxidation sites excluding steroid dienone is 1. The van der Waals surface area contributed by atoms with E-state index in [0.29, 0.717) is 17.6 Å². The van der Waals surface area contributed by atoms with Crippen LogP contribution < -0.4 is 0 Å². The summed E-state index contributed by atoms with van der Waals surface area (Å²) in [5.74, 6) is 3.93. The number of hydrogen-bond donors (Lipinski definition) is 1. The van der Waals surface area contributed by atoms with E-state index in [2.05, 4.69) is 13.8 Å². The second-order valence-corrected chi connectivity index (χ2v) is 8.83. The van der Waals surface area contributed by atoms with Gasteiger partial charge in [-0.05, 0) is 92.4 Å². The van der Waals surface area contributed by atoms with Crippen molar-refractivity contribution in [2.24, 2.45) is 35.0 Å². The number of rotatable bonds is 2. The van der Waals surface area contributed by atoms with Gasteiger partial charge < -0.3 is 5.11 Å². The standard InChI is InChI=1S/C21H32O2/c1-3-21(4-2)12-14(22)11-13-5-6-16-15-9-10-19(23)17(15)7-8-18(16)20(13)21/h11,15-20,23H,3-10,12H2,1-2H3/t15-,16-,17-,18-,19+,20-/m0/s1. The van der Waals surface area contributed by atoms with E-state index >= 15 is 0 Å². The monoisotopic (exact) mass is 316 g/mol. The SMILES string of the molecule is CCC1(CC)CC(=O)C=C2CC[C@H]3[C@@H]4CC[C@@H](O)[C@H]4CC[C@@H]3[C@H]21. The first-order chi connectivity index (χ1) is 11.1. The first-order valence-corrected chi connectivity index (χ1v) is 10.0. The Bertz CT molecular complexity index is 516. The minimum atomic E-state index is -0.0343. The number of ketones is 1. The third-order valence-electron chi connectivity index (χ3n) is 8.31. The molecule has 23 heavy (non-hydrogen) atoms. The molecule has 1 N–H and O–H groups in total. The summed E-state index contributed by atoms with van der Waals surface area (Å²) in [4.78, 5) is 12.3. The van der Waals surface area contributed by atoms with Crippen LogP contribution in [0.25, 0.3) is 0 Å². The van der Waals surface area contributed by atoms with E-state index < -0.39 is 0 Å². The van der Waals surface area contributed by atoms with Gasteiger partial charge in [-0.2, -0.15) is 0 Å². The summed E-state index contributed by atoms with van der Waals surface area (Å²) >= 11 is 0. The van der Waals surface area contributed by atoms with Crippen LogP contribution in [0.2, 0.25) is 0 Å². The number of carbonyl (C=O) groups excluding carboxylic acids is 1. The van der Waals surface area contributed by atoms with Gasteiger partial charge >= 0.3 is 0 Å². The van der Waals surface area contributed by atoms with E-state index in [9.17, 15) is 9.90 Å². The third-order valence-corrected chi connectivity index (χ3v) is 8.31. The van der Waals surface area contributed by atoms with E-state index in [1.807, 2.05) is 6.08 Å². The second kappa shape index (κ2) is 5.72. The fourth-order valence-electron chi connectivity index (χ4n) is 7.20. The zero-order valence-electron chi connectivity index (χ0n) is 14.8. The molecule has 3 fully saturated rings. The summed E-state index contributed by atoms with van der Waals surface area (Å²) in [7, 11) is 0. The fourth-order valence-corrected chi connectivity index (χ4v) is 7.20. The van der Waals surface area contributed by atoms with Crippen molar-refractivity contribution in [1.29, 1.82) is 0 Å². The summed E-state index contributed by atoms with van der Waals surface area (Å²) in [6.07, 6.45) is 12.2. The van der Waals surface area contributed by atoms with Crippen molar-refractivity contribution in [2.45, 2.75) is 77.7 Å². The molecule has 0 aromatic rings. The lowest BCUT2D eigenvalue weighted by atomic mass is 9.49. The first-order valence-electron chi connectivity index (χ1n) is 10.0. The summed E-state index contributed by atoms with van der Waals surface area (Å²) < 4.78 is 0. The van der Waals surface area contributed by atoms with Gasteiger partial charge in [0.25, 0.3) is 0 Å². The molecule has 0 heterocycles. The molecule has 128 valence electrons. The lowest BCUT2D eigenvalue weighted by Gasteiger charge is -2.56. The number of aliphatic hydroxyl groups excluding tert-OH is 1. The fraction of sp³-hybridized carbons (Fsp3) is 0.857. The van der Waals surface area contributed by atoms with Crippen molar-refractivity contribution in [3.05, 3.63) is 11.6 Å². The van der Waals surface area contributed by atoms with Crippen molar-refractivity contribution in [3.8, 4) is 0 Å². The zero-order chi connectivity index (χ0) is 16.2. The highest BCUT2D eigenvalue weighted by atomic mass is 16.3. The van der Waals surface area contributed by atoms with Crippen molar-refractivity contribution >= 4 is 5.78 Å². The summed E-state index contributed by atoms with van der Waals surface area (Å²) in [6, 6.07) is 0. The molecular formula is C21H32O2. The van der Waals surface area contributed by atoms with Crippen LogP contribution in [0.4, 0.5) is 0 Å². The highest BCUT2D eigenvalue weighted by Crippen LogP contribution is 2.61. The van der Waals surface area contributed by atoms with Crippen LogP contribution in [0.1, 0.15) is 71.6 Å². The van der Waals surface area contributed by atoms with Gasteiger partial charge in [0.1, 0.15) is 0 Å². The molecule has 0 bridgehead atoms. The van der Waals surface area contributed by atoms with Gasteiger partial charge in [-0.3, -0.25) is 4.79 Å². The molecule has 0 spiro atoms. The molecule has 0 saturated heterocycles. The molecule has 0 aromatic heterocycles. The van der Waals surface area contributed by atoms with E-state index in [1.54, 1.807) is 0 Å². The van der Waals surface area contributed by atoms with Crippen molar-refractivity contribution in [2.75, 3.05) is 0 Å². The summed E-state index contributed by atoms with van der Waals surface area (Å²) in [5.41, 5.74) is 1.71.